The molecule has 1 heterocycles. The number of anilines is 1. The Morgan fingerprint density at radius 1 is 1.17 bits per heavy atom. The van der Waals surface area contributed by atoms with Gasteiger partial charge in [0.05, 0.1) is 17.2 Å². The SMILES string of the molecule is CC(C)COc1ccc(C(=O)Nc2cccc(C(=O)NCC3CCCO3)c2)cc1Br. The summed E-state index contributed by atoms with van der Waals surface area (Å²) in [5, 5.41) is 5.73. The van der Waals surface area contributed by atoms with Gasteiger partial charge in [-0.25, -0.2) is 0 Å². The summed E-state index contributed by atoms with van der Waals surface area (Å²) in [6.45, 7) is 6.00. The molecule has 1 aliphatic heterocycles. The fraction of sp³-hybridized carbons (Fsp3) is 0.391. The predicted octanol–water partition coefficient (Wildman–Crippen LogP) is 4.65. The molecule has 1 atom stereocenters. The van der Waals surface area contributed by atoms with Crippen molar-refractivity contribution in [2.24, 2.45) is 5.92 Å². The summed E-state index contributed by atoms with van der Waals surface area (Å²) in [4.78, 5) is 25.0. The first kappa shape index (κ1) is 22.3. The van der Waals surface area contributed by atoms with Gasteiger partial charge in [0.15, 0.2) is 0 Å². The van der Waals surface area contributed by atoms with Gasteiger partial charge in [0, 0.05) is 30.0 Å². The van der Waals surface area contributed by atoms with Crippen LogP contribution >= 0.6 is 15.9 Å². The highest BCUT2D eigenvalue weighted by molar-refractivity contribution is 9.10. The average molecular weight is 475 g/mol. The third-order valence-electron chi connectivity index (χ3n) is 4.66. The molecule has 0 aliphatic carbocycles. The maximum Gasteiger partial charge on any atom is 0.255 e. The third-order valence-corrected chi connectivity index (χ3v) is 5.28. The van der Waals surface area contributed by atoms with Crippen LogP contribution in [0.5, 0.6) is 5.75 Å². The average Bonchev–Trinajstić information content (AvgIpc) is 3.24. The van der Waals surface area contributed by atoms with Crippen molar-refractivity contribution in [3.8, 4) is 5.75 Å². The number of hydrogen-bond acceptors (Lipinski definition) is 4. The molecule has 0 bridgehead atoms. The standard InChI is InChI=1S/C23H27BrN2O4/c1-15(2)14-30-21-9-8-17(12-20(21)24)23(28)26-18-6-3-5-16(11-18)22(27)25-13-19-7-4-10-29-19/h3,5-6,8-9,11-12,15,19H,4,7,10,13-14H2,1-2H3,(H,25,27)(H,26,28). The molecule has 2 amide bonds. The molecule has 0 aromatic heterocycles. The Morgan fingerprint density at radius 3 is 2.67 bits per heavy atom. The molecule has 3 rings (SSSR count). The van der Waals surface area contributed by atoms with Crippen LogP contribution in [-0.4, -0.2) is 37.7 Å². The summed E-state index contributed by atoms with van der Waals surface area (Å²) < 4.78 is 12.0. The minimum atomic E-state index is -0.261. The van der Waals surface area contributed by atoms with Crippen LogP contribution in [0, 0.1) is 5.92 Å². The highest BCUT2D eigenvalue weighted by Crippen LogP contribution is 2.27. The van der Waals surface area contributed by atoms with Crippen LogP contribution in [0.1, 0.15) is 47.4 Å². The van der Waals surface area contributed by atoms with Gasteiger partial charge < -0.3 is 20.1 Å². The van der Waals surface area contributed by atoms with Crippen molar-refractivity contribution in [2.45, 2.75) is 32.8 Å². The van der Waals surface area contributed by atoms with Gasteiger partial charge in [-0.1, -0.05) is 19.9 Å². The molecule has 2 aromatic carbocycles. The molecular weight excluding hydrogens is 448 g/mol. The summed E-state index contributed by atoms with van der Waals surface area (Å²) in [5.41, 5.74) is 1.54. The highest BCUT2D eigenvalue weighted by Gasteiger charge is 2.17. The number of halogens is 1. The molecule has 1 saturated heterocycles. The molecule has 1 fully saturated rings. The molecule has 0 saturated carbocycles. The maximum absolute atomic E-state index is 12.6. The Bertz CT molecular complexity index is 895. The van der Waals surface area contributed by atoms with E-state index in [1.807, 2.05) is 0 Å². The molecule has 0 spiro atoms. The van der Waals surface area contributed by atoms with E-state index in [0.717, 1.165) is 23.9 Å². The van der Waals surface area contributed by atoms with Crippen LogP contribution in [0.2, 0.25) is 0 Å². The largest absolute Gasteiger partial charge is 0.492 e. The smallest absolute Gasteiger partial charge is 0.255 e. The van der Waals surface area contributed by atoms with Gasteiger partial charge in [0.25, 0.3) is 11.8 Å². The van der Waals surface area contributed by atoms with Gasteiger partial charge in [-0.05, 0) is 71.1 Å². The molecule has 1 unspecified atom stereocenters. The quantitative estimate of drug-likeness (QED) is 0.583. The molecule has 7 heteroatoms. The highest BCUT2D eigenvalue weighted by atomic mass is 79.9. The molecule has 30 heavy (non-hydrogen) atoms. The van der Waals surface area contributed by atoms with Crippen molar-refractivity contribution < 1.29 is 19.1 Å². The van der Waals surface area contributed by atoms with Crippen molar-refractivity contribution in [3.63, 3.8) is 0 Å². The summed E-state index contributed by atoms with van der Waals surface area (Å²) in [6, 6.07) is 12.1. The van der Waals surface area contributed by atoms with Crippen molar-refractivity contribution in [3.05, 3.63) is 58.1 Å². The summed E-state index contributed by atoms with van der Waals surface area (Å²) in [6.07, 6.45) is 2.08. The number of hydrogen-bond donors (Lipinski definition) is 2. The zero-order chi connectivity index (χ0) is 21.5. The number of nitrogens with one attached hydrogen (secondary N) is 2. The Balaban J connectivity index is 1.60. The second kappa shape index (κ2) is 10.6. The van der Waals surface area contributed by atoms with Crippen molar-refractivity contribution in [1.82, 2.24) is 5.32 Å². The number of rotatable bonds is 8. The van der Waals surface area contributed by atoms with Crippen LogP contribution < -0.4 is 15.4 Å². The number of benzene rings is 2. The van der Waals surface area contributed by atoms with Crippen molar-refractivity contribution in [1.29, 1.82) is 0 Å². The lowest BCUT2D eigenvalue weighted by atomic mass is 10.1. The van der Waals surface area contributed by atoms with E-state index in [2.05, 4.69) is 40.4 Å². The Labute approximate surface area is 185 Å². The van der Waals surface area contributed by atoms with Gasteiger partial charge >= 0.3 is 0 Å². The number of amides is 2. The first-order valence-corrected chi connectivity index (χ1v) is 10.9. The minimum Gasteiger partial charge on any atom is -0.492 e. The first-order chi connectivity index (χ1) is 14.4. The number of carbonyl (C=O) groups excluding carboxylic acids is 2. The fourth-order valence-corrected chi connectivity index (χ4v) is 3.56. The number of ether oxygens (including phenoxy) is 2. The molecule has 2 aromatic rings. The van der Waals surface area contributed by atoms with Gasteiger partial charge in [-0.2, -0.15) is 0 Å². The van der Waals surface area contributed by atoms with E-state index in [9.17, 15) is 9.59 Å². The Kier molecular flexibility index (Phi) is 7.87. The molecule has 1 aliphatic rings. The second-order valence-corrected chi connectivity index (χ2v) is 8.58. The van der Waals surface area contributed by atoms with E-state index in [1.165, 1.54) is 0 Å². The Hall–Kier alpha value is -2.38. The van der Waals surface area contributed by atoms with E-state index in [-0.39, 0.29) is 17.9 Å². The third kappa shape index (κ3) is 6.31. The van der Waals surface area contributed by atoms with Crippen molar-refractivity contribution in [2.75, 3.05) is 25.1 Å². The maximum atomic E-state index is 12.6. The zero-order valence-electron chi connectivity index (χ0n) is 17.2. The summed E-state index contributed by atoms with van der Waals surface area (Å²) in [7, 11) is 0. The van der Waals surface area contributed by atoms with Crippen LogP contribution in [-0.2, 0) is 4.74 Å². The van der Waals surface area contributed by atoms with E-state index >= 15 is 0 Å². The van der Waals surface area contributed by atoms with Crippen LogP contribution in [0.15, 0.2) is 46.9 Å². The normalized spacial score (nSPS) is 15.8. The van der Waals surface area contributed by atoms with E-state index in [0.29, 0.717) is 41.6 Å². The fourth-order valence-electron chi connectivity index (χ4n) is 3.07. The molecular formula is C23H27BrN2O4. The Morgan fingerprint density at radius 2 is 1.97 bits per heavy atom. The van der Waals surface area contributed by atoms with Gasteiger partial charge in [-0.3, -0.25) is 9.59 Å². The summed E-state index contributed by atoms with van der Waals surface area (Å²) in [5.74, 6) is 0.666. The first-order valence-electron chi connectivity index (χ1n) is 10.2. The predicted molar refractivity (Wildman–Crippen MR) is 120 cm³/mol. The lowest BCUT2D eigenvalue weighted by Crippen LogP contribution is -2.31. The molecule has 160 valence electrons. The van der Waals surface area contributed by atoms with Gasteiger partial charge in [-0.15, -0.1) is 0 Å². The monoisotopic (exact) mass is 474 g/mol. The van der Waals surface area contributed by atoms with E-state index in [1.54, 1.807) is 42.5 Å². The van der Waals surface area contributed by atoms with Crippen LogP contribution in [0.4, 0.5) is 5.69 Å². The molecule has 0 radical (unpaired) electrons. The second-order valence-electron chi connectivity index (χ2n) is 7.73. The molecule has 2 N–H and O–H groups in total. The lowest BCUT2D eigenvalue weighted by molar-refractivity contribution is 0.0857. The lowest BCUT2D eigenvalue weighted by Gasteiger charge is -2.13. The van der Waals surface area contributed by atoms with Gasteiger partial charge in [0.2, 0.25) is 0 Å². The van der Waals surface area contributed by atoms with Gasteiger partial charge in [0.1, 0.15) is 5.75 Å². The topological polar surface area (TPSA) is 76.7 Å². The van der Waals surface area contributed by atoms with E-state index < -0.39 is 0 Å². The minimum absolute atomic E-state index is 0.0859. The number of carbonyl (C=O) groups is 2. The zero-order valence-corrected chi connectivity index (χ0v) is 18.8. The summed E-state index contributed by atoms with van der Waals surface area (Å²) >= 11 is 3.46. The van der Waals surface area contributed by atoms with Crippen LogP contribution in [0.3, 0.4) is 0 Å². The van der Waals surface area contributed by atoms with Crippen LogP contribution in [0.25, 0.3) is 0 Å². The van der Waals surface area contributed by atoms with Crippen molar-refractivity contribution >= 4 is 33.4 Å². The van der Waals surface area contributed by atoms with E-state index in [4.69, 9.17) is 9.47 Å². The molecule has 6 nitrogen and oxygen atoms in total.